The summed E-state index contributed by atoms with van der Waals surface area (Å²) in [6, 6.07) is 0. The Balaban J connectivity index is 2.48. The largest absolute Gasteiger partial charge is 0.388 e. The second kappa shape index (κ2) is 2.61. The maximum Gasteiger partial charge on any atom is 0.0894 e. The fraction of sp³-hybridized carbons (Fsp3) is 0.750. The van der Waals surface area contributed by atoms with Crippen molar-refractivity contribution in [1.29, 1.82) is 0 Å². The van der Waals surface area contributed by atoms with Gasteiger partial charge in [0, 0.05) is 19.5 Å². The van der Waals surface area contributed by atoms with Gasteiger partial charge in [-0.2, -0.15) is 0 Å². The van der Waals surface area contributed by atoms with Crippen molar-refractivity contribution in [3.8, 4) is 12.3 Å². The molecule has 0 saturated carbocycles. The zero-order valence-electron chi connectivity index (χ0n) is 6.30. The van der Waals surface area contributed by atoms with Crippen LogP contribution in [0.2, 0.25) is 0 Å². The Kier molecular flexibility index (Phi) is 1.98. The molecular weight excluding hydrogens is 126 g/mol. The van der Waals surface area contributed by atoms with E-state index < -0.39 is 5.60 Å². The lowest BCUT2D eigenvalue weighted by Gasteiger charge is -2.18. The lowest BCUT2D eigenvalue weighted by molar-refractivity contribution is 0.0573. The molecule has 1 atom stereocenters. The van der Waals surface area contributed by atoms with Crippen molar-refractivity contribution in [3.05, 3.63) is 0 Å². The monoisotopic (exact) mass is 139 g/mol. The van der Waals surface area contributed by atoms with Crippen LogP contribution in [0.25, 0.3) is 0 Å². The fourth-order valence-corrected chi connectivity index (χ4v) is 1.39. The molecule has 0 aliphatic carbocycles. The van der Waals surface area contributed by atoms with E-state index in [1.165, 1.54) is 0 Å². The predicted molar refractivity (Wildman–Crippen MR) is 40.5 cm³/mol. The molecule has 0 aromatic carbocycles. The lowest BCUT2D eigenvalue weighted by Crippen LogP contribution is -2.31. The first-order chi connectivity index (χ1) is 4.66. The number of nitrogens with zero attached hydrogens (tertiary/aromatic N) is 1. The van der Waals surface area contributed by atoms with Crippen LogP contribution in [-0.4, -0.2) is 35.7 Å². The van der Waals surface area contributed by atoms with Crippen LogP contribution in [0.4, 0.5) is 0 Å². The highest BCUT2D eigenvalue weighted by Gasteiger charge is 2.33. The van der Waals surface area contributed by atoms with E-state index in [-0.39, 0.29) is 0 Å². The summed E-state index contributed by atoms with van der Waals surface area (Å²) in [5.74, 6) is 2.49. The van der Waals surface area contributed by atoms with Crippen molar-refractivity contribution in [2.24, 2.45) is 0 Å². The molecule has 1 saturated heterocycles. The number of β-amino-alcohol motifs (C(OH)–C–C–N with tert-alkyl or cyclic N) is 1. The number of likely N-dealkylation sites (N-methyl/N-ethyl adjacent to an activating group) is 1. The summed E-state index contributed by atoms with van der Waals surface area (Å²) in [6.07, 6.45) is 6.41. The van der Waals surface area contributed by atoms with E-state index in [4.69, 9.17) is 6.42 Å². The molecule has 1 unspecified atom stereocenters. The van der Waals surface area contributed by atoms with Crippen LogP contribution in [0.1, 0.15) is 12.8 Å². The molecule has 0 spiro atoms. The third-order valence-corrected chi connectivity index (χ3v) is 1.95. The fourth-order valence-electron chi connectivity index (χ4n) is 1.39. The first-order valence-electron chi connectivity index (χ1n) is 3.51. The molecule has 56 valence electrons. The normalized spacial score (nSPS) is 34.1. The maximum absolute atomic E-state index is 9.68. The van der Waals surface area contributed by atoms with Gasteiger partial charge >= 0.3 is 0 Å². The molecule has 0 amide bonds. The summed E-state index contributed by atoms with van der Waals surface area (Å²) in [4.78, 5) is 2.09. The number of rotatable bonds is 1. The highest BCUT2D eigenvalue weighted by atomic mass is 16.3. The van der Waals surface area contributed by atoms with Gasteiger partial charge in [-0.1, -0.05) is 0 Å². The predicted octanol–water partition coefficient (Wildman–Crippen LogP) is 0.0763. The van der Waals surface area contributed by atoms with Gasteiger partial charge in [0.05, 0.1) is 5.60 Å². The molecule has 10 heavy (non-hydrogen) atoms. The average molecular weight is 139 g/mol. The van der Waals surface area contributed by atoms with Crippen molar-refractivity contribution in [1.82, 2.24) is 4.90 Å². The minimum Gasteiger partial charge on any atom is -0.388 e. The third kappa shape index (κ3) is 1.50. The Morgan fingerprint density at radius 3 is 2.90 bits per heavy atom. The minimum absolute atomic E-state index is 0.483. The summed E-state index contributed by atoms with van der Waals surface area (Å²) < 4.78 is 0. The number of terminal acetylenes is 1. The molecule has 1 aliphatic heterocycles. The van der Waals surface area contributed by atoms with Crippen LogP contribution in [-0.2, 0) is 0 Å². The van der Waals surface area contributed by atoms with Crippen LogP contribution in [0.3, 0.4) is 0 Å². The zero-order chi connectivity index (χ0) is 7.61. The Morgan fingerprint density at radius 1 is 1.80 bits per heavy atom. The molecule has 1 heterocycles. The lowest BCUT2D eigenvalue weighted by atomic mass is 10.00. The van der Waals surface area contributed by atoms with Gasteiger partial charge in [0.15, 0.2) is 0 Å². The summed E-state index contributed by atoms with van der Waals surface area (Å²) in [6.45, 7) is 1.68. The van der Waals surface area contributed by atoms with Gasteiger partial charge in [-0.05, 0) is 13.5 Å². The Bertz CT molecular complexity index is 161. The number of aliphatic hydroxyl groups is 1. The number of hydrogen-bond acceptors (Lipinski definition) is 2. The molecule has 0 bridgehead atoms. The Morgan fingerprint density at radius 2 is 2.50 bits per heavy atom. The molecule has 0 aromatic rings. The maximum atomic E-state index is 9.68. The standard InChI is InChI=1S/C8H13NO/c1-3-4-8(10)5-6-9(2)7-8/h1,10H,4-7H2,2H3. The van der Waals surface area contributed by atoms with E-state index in [9.17, 15) is 5.11 Å². The first kappa shape index (κ1) is 7.59. The third-order valence-electron chi connectivity index (χ3n) is 1.95. The summed E-state index contributed by atoms with van der Waals surface area (Å²) in [5.41, 5.74) is -0.594. The van der Waals surface area contributed by atoms with Gasteiger partial charge < -0.3 is 10.0 Å². The minimum atomic E-state index is -0.594. The Labute approximate surface area is 61.8 Å². The number of likely N-dealkylation sites (tertiary alicyclic amines) is 1. The van der Waals surface area contributed by atoms with Crippen LogP contribution in [0.15, 0.2) is 0 Å². The highest BCUT2D eigenvalue weighted by molar-refractivity contribution is 4.99. The van der Waals surface area contributed by atoms with Gasteiger partial charge in [-0.15, -0.1) is 12.3 Å². The molecule has 0 aromatic heterocycles. The molecule has 2 heteroatoms. The topological polar surface area (TPSA) is 23.5 Å². The second-order valence-electron chi connectivity index (χ2n) is 3.09. The van der Waals surface area contributed by atoms with Gasteiger partial charge in [0.25, 0.3) is 0 Å². The van der Waals surface area contributed by atoms with Crippen LogP contribution < -0.4 is 0 Å². The van der Waals surface area contributed by atoms with E-state index in [0.29, 0.717) is 6.42 Å². The van der Waals surface area contributed by atoms with Crippen LogP contribution >= 0.6 is 0 Å². The van der Waals surface area contributed by atoms with Gasteiger partial charge in [0.1, 0.15) is 0 Å². The molecule has 1 aliphatic rings. The molecule has 1 N–H and O–H groups in total. The smallest absolute Gasteiger partial charge is 0.0894 e. The van der Waals surface area contributed by atoms with E-state index in [1.807, 2.05) is 7.05 Å². The molecule has 1 fully saturated rings. The first-order valence-corrected chi connectivity index (χ1v) is 3.51. The molecule has 1 rings (SSSR count). The highest BCUT2D eigenvalue weighted by Crippen LogP contribution is 2.22. The quantitative estimate of drug-likeness (QED) is 0.520. The van der Waals surface area contributed by atoms with Crippen molar-refractivity contribution < 1.29 is 5.11 Å². The van der Waals surface area contributed by atoms with Crippen LogP contribution in [0.5, 0.6) is 0 Å². The molecule has 0 radical (unpaired) electrons. The van der Waals surface area contributed by atoms with Gasteiger partial charge in [-0.25, -0.2) is 0 Å². The van der Waals surface area contributed by atoms with Gasteiger partial charge in [-0.3, -0.25) is 0 Å². The summed E-state index contributed by atoms with van der Waals surface area (Å²) in [5, 5.41) is 9.68. The zero-order valence-corrected chi connectivity index (χ0v) is 6.30. The summed E-state index contributed by atoms with van der Waals surface area (Å²) >= 11 is 0. The van der Waals surface area contributed by atoms with Crippen LogP contribution in [0, 0.1) is 12.3 Å². The van der Waals surface area contributed by atoms with E-state index in [0.717, 1.165) is 19.5 Å². The molecular formula is C8H13NO. The van der Waals surface area contributed by atoms with E-state index in [2.05, 4.69) is 10.8 Å². The van der Waals surface area contributed by atoms with Gasteiger partial charge in [0.2, 0.25) is 0 Å². The van der Waals surface area contributed by atoms with Crippen molar-refractivity contribution in [2.75, 3.05) is 20.1 Å². The summed E-state index contributed by atoms with van der Waals surface area (Å²) in [7, 11) is 1.99. The van der Waals surface area contributed by atoms with Crippen molar-refractivity contribution in [2.45, 2.75) is 18.4 Å². The van der Waals surface area contributed by atoms with Crippen molar-refractivity contribution in [3.63, 3.8) is 0 Å². The SMILES string of the molecule is C#CCC1(O)CCN(C)C1. The second-order valence-corrected chi connectivity index (χ2v) is 3.09. The Hall–Kier alpha value is -0.520. The van der Waals surface area contributed by atoms with E-state index in [1.54, 1.807) is 0 Å². The number of hydrogen-bond donors (Lipinski definition) is 1. The average Bonchev–Trinajstić information content (AvgIpc) is 2.12. The van der Waals surface area contributed by atoms with Crippen molar-refractivity contribution >= 4 is 0 Å². The molecule has 2 nitrogen and oxygen atoms in total. The van der Waals surface area contributed by atoms with E-state index >= 15 is 0 Å².